The summed E-state index contributed by atoms with van der Waals surface area (Å²) in [4.78, 5) is 0. The van der Waals surface area contributed by atoms with Gasteiger partial charge in [-0.2, -0.15) is 0 Å². The van der Waals surface area contributed by atoms with Crippen molar-refractivity contribution >= 4 is 24.9 Å². The van der Waals surface area contributed by atoms with E-state index in [-0.39, 0.29) is 0 Å². The highest BCUT2D eigenvalue weighted by Crippen LogP contribution is 2.09. The van der Waals surface area contributed by atoms with Crippen LogP contribution in [0.1, 0.15) is 0 Å². The third-order valence-corrected chi connectivity index (χ3v) is 6.01. The first-order chi connectivity index (χ1) is 6.67. The second-order valence-corrected chi connectivity index (χ2v) is 9.08. The highest BCUT2D eigenvalue weighted by atomic mass is 35.5. The van der Waals surface area contributed by atoms with Crippen LogP contribution in [0.4, 0.5) is 0 Å². The van der Waals surface area contributed by atoms with Gasteiger partial charge in [0.1, 0.15) is 6.07 Å². The molecule has 0 bridgehead atoms. The first-order valence-electron chi connectivity index (χ1n) is 4.86. The number of alkyl halides is 1. The molecule has 0 saturated carbocycles. The minimum absolute atomic E-state index is 0.305. The Hall–Kier alpha value is -0.313. The smallest absolute Gasteiger partial charge is 0.120 e. The molecule has 1 aromatic carbocycles. The van der Waals surface area contributed by atoms with Crippen LogP contribution in [0, 0.1) is 0 Å². The number of benzene rings is 1. The van der Waals surface area contributed by atoms with Crippen LogP contribution in [-0.2, 0) is 4.74 Å². The first kappa shape index (κ1) is 11.8. The summed E-state index contributed by atoms with van der Waals surface area (Å²) in [6.07, 6.45) is 0. The second-order valence-electron chi connectivity index (χ2n) is 4.02. The van der Waals surface area contributed by atoms with Crippen LogP contribution in [-0.4, -0.2) is 20.7 Å². The van der Waals surface area contributed by atoms with E-state index in [0.717, 1.165) is 12.7 Å². The number of hydrogen-bond acceptors (Lipinski definition) is 1. The van der Waals surface area contributed by atoms with E-state index in [4.69, 9.17) is 16.3 Å². The average Bonchev–Trinajstić information content (AvgIpc) is 2.19. The van der Waals surface area contributed by atoms with Gasteiger partial charge in [0.15, 0.2) is 0 Å². The summed E-state index contributed by atoms with van der Waals surface area (Å²) in [6, 6.07) is 12.1. The van der Waals surface area contributed by atoms with Gasteiger partial charge in [-0.25, -0.2) is 0 Å². The lowest BCUT2D eigenvalue weighted by atomic mass is 10.4. The van der Waals surface area contributed by atoms with Crippen LogP contribution in [0.5, 0.6) is 0 Å². The van der Waals surface area contributed by atoms with E-state index in [1.54, 1.807) is 0 Å². The van der Waals surface area contributed by atoms with E-state index in [1.807, 2.05) is 0 Å². The van der Waals surface area contributed by atoms with E-state index < -0.39 is 8.07 Å². The summed E-state index contributed by atoms with van der Waals surface area (Å²) in [5.74, 6) is 0. The fraction of sp³-hybridized carbons (Fsp3) is 0.455. The number of rotatable bonds is 5. The Bertz CT molecular complexity index is 261. The van der Waals surface area contributed by atoms with Crippen molar-refractivity contribution in [3.05, 3.63) is 30.3 Å². The topological polar surface area (TPSA) is 9.23 Å². The molecule has 0 radical (unpaired) electrons. The van der Waals surface area contributed by atoms with Gasteiger partial charge in [-0.15, -0.1) is 0 Å². The van der Waals surface area contributed by atoms with E-state index in [9.17, 15) is 0 Å². The zero-order valence-corrected chi connectivity index (χ0v) is 10.6. The van der Waals surface area contributed by atoms with Gasteiger partial charge in [0.25, 0.3) is 0 Å². The monoisotopic (exact) mass is 228 g/mol. The van der Waals surface area contributed by atoms with Crippen molar-refractivity contribution in [3.8, 4) is 0 Å². The van der Waals surface area contributed by atoms with E-state index >= 15 is 0 Å². The van der Waals surface area contributed by atoms with Crippen molar-refractivity contribution < 1.29 is 4.74 Å². The average molecular weight is 229 g/mol. The highest BCUT2D eigenvalue weighted by Gasteiger charge is 2.22. The molecule has 14 heavy (non-hydrogen) atoms. The van der Waals surface area contributed by atoms with Gasteiger partial charge < -0.3 is 4.74 Å². The molecular weight excluding hydrogens is 212 g/mol. The number of halogens is 1. The van der Waals surface area contributed by atoms with Crippen LogP contribution < -0.4 is 5.19 Å². The molecule has 0 saturated heterocycles. The van der Waals surface area contributed by atoms with Gasteiger partial charge in [-0.3, -0.25) is 0 Å². The van der Waals surface area contributed by atoms with Crippen LogP contribution >= 0.6 is 11.6 Å². The molecule has 0 fully saturated rings. The summed E-state index contributed by atoms with van der Waals surface area (Å²) < 4.78 is 5.19. The van der Waals surface area contributed by atoms with Crippen LogP contribution in [0.15, 0.2) is 30.3 Å². The molecule has 0 amide bonds. The minimum atomic E-state index is -1.30. The number of hydrogen-bond donors (Lipinski definition) is 0. The molecule has 1 rings (SSSR count). The Morgan fingerprint density at radius 2 is 1.86 bits per heavy atom. The van der Waals surface area contributed by atoms with Crippen LogP contribution in [0.25, 0.3) is 0 Å². The Labute approximate surface area is 92.1 Å². The minimum Gasteiger partial charge on any atom is -0.366 e. The lowest BCUT2D eigenvalue weighted by molar-refractivity contribution is 0.194. The SMILES string of the molecule is C[Si](C)(CCOCCl)c1ccccc1. The number of ether oxygens (including phenoxy) is 1. The van der Waals surface area contributed by atoms with Crippen molar-refractivity contribution in [1.82, 2.24) is 0 Å². The molecule has 0 atom stereocenters. The summed E-state index contributed by atoms with van der Waals surface area (Å²) in [7, 11) is -1.30. The lowest BCUT2D eigenvalue weighted by Gasteiger charge is -2.22. The van der Waals surface area contributed by atoms with Gasteiger partial charge in [-0.1, -0.05) is 60.2 Å². The molecule has 0 heterocycles. The maximum atomic E-state index is 5.47. The van der Waals surface area contributed by atoms with Crippen molar-refractivity contribution in [3.63, 3.8) is 0 Å². The molecule has 78 valence electrons. The molecule has 1 aromatic rings. The summed E-state index contributed by atoms with van der Waals surface area (Å²) in [6.45, 7) is 5.50. The molecule has 0 aliphatic carbocycles. The largest absolute Gasteiger partial charge is 0.366 e. The third kappa shape index (κ3) is 3.44. The molecule has 0 unspecified atom stereocenters. The van der Waals surface area contributed by atoms with Crippen molar-refractivity contribution in [2.75, 3.05) is 12.7 Å². The third-order valence-electron chi connectivity index (χ3n) is 2.50. The van der Waals surface area contributed by atoms with Crippen molar-refractivity contribution in [2.24, 2.45) is 0 Å². The Morgan fingerprint density at radius 1 is 1.21 bits per heavy atom. The zero-order chi connectivity index (χ0) is 10.4. The van der Waals surface area contributed by atoms with Crippen molar-refractivity contribution in [1.29, 1.82) is 0 Å². The van der Waals surface area contributed by atoms with E-state index in [2.05, 4.69) is 43.4 Å². The fourth-order valence-electron chi connectivity index (χ4n) is 1.42. The maximum absolute atomic E-state index is 5.47. The zero-order valence-electron chi connectivity index (χ0n) is 8.79. The lowest BCUT2D eigenvalue weighted by Crippen LogP contribution is -2.41. The molecule has 0 aromatic heterocycles. The van der Waals surface area contributed by atoms with Gasteiger partial charge in [-0.05, 0) is 6.04 Å². The molecule has 1 nitrogen and oxygen atoms in total. The second kappa shape index (κ2) is 5.54. The fourth-order valence-corrected chi connectivity index (χ4v) is 3.56. The van der Waals surface area contributed by atoms with Crippen LogP contribution in [0.2, 0.25) is 19.1 Å². The maximum Gasteiger partial charge on any atom is 0.120 e. The molecule has 3 heteroatoms. The molecule has 0 spiro atoms. The summed E-state index contributed by atoms with van der Waals surface area (Å²) >= 11 is 5.47. The Balaban J connectivity index is 2.56. The van der Waals surface area contributed by atoms with Gasteiger partial charge >= 0.3 is 0 Å². The summed E-state index contributed by atoms with van der Waals surface area (Å²) in [5.41, 5.74) is 0. The van der Waals surface area contributed by atoms with Gasteiger partial charge in [0.2, 0.25) is 0 Å². The quantitative estimate of drug-likeness (QED) is 0.428. The van der Waals surface area contributed by atoms with E-state index in [1.165, 1.54) is 5.19 Å². The van der Waals surface area contributed by atoms with Crippen LogP contribution in [0.3, 0.4) is 0 Å². The predicted molar refractivity (Wildman–Crippen MR) is 65.0 cm³/mol. The summed E-state index contributed by atoms with van der Waals surface area (Å²) in [5, 5.41) is 1.48. The standard InChI is InChI=1S/C11H17ClOSi/c1-14(2,9-8-13-10-12)11-6-4-3-5-7-11/h3-7H,8-10H2,1-2H3. The van der Waals surface area contributed by atoms with Crippen molar-refractivity contribution in [2.45, 2.75) is 19.1 Å². The van der Waals surface area contributed by atoms with Gasteiger partial charge in [0.05, 0.1) is 8.07 Å². The first-order valence-corrected chi connectivity index (χ1v) is 8.60. The van der Waals surface area contributed by atoms with Gasteiger partial charge in [0, 0.05) is 6.61 Å². The molecular formula is C11H17ClOSi. The Kier molecular flexibility index (Phi) is 4.65. The highest BCUT2D eigenvalue weighted by molar-refractivity contribution is 6.89. The van der Waals surface area contributed by atoms with E-state index in [0.29, 0.717) is 6.07 Å². The molecule has 0 N–H and O–H groups in total. The molecule has 0 aliphatic rings. The Morgan fingerprint density at radius 3 is 2.43 bits per heavy atom. The molecule has 0 aliphatic heterocycles. The normalized spacial score (nSPS) is 11.6. The predicted octanol–water partition coefficient (Wildman–Crippen LogP) is 2.81.